The fraction of sp³-hybridized carbons (Fsp3) is 0.370. The molecule has 1 N–H and O–H groups in total. The van der Waals surface area contributed by atoms with Crippen molar-refractivity contribution in [1.29, 1.82) is 0 Å². The first-order chi connectivity index (χ1) is 28.5. The van der Waals surface area contributed by atoms with Crippen molar-refractivity contribution < 1.29 is 33.0 Å². The maximum atomic E-state index is 15.0. The number of methoxy groups -OCH3 is 1. The van der Waals surface area contributed by atoms with E-state index in [9.17, 15) is 23.9 Å². The molecule has 0 aromatic heterocycles. The fourth-order valence-corrected chi connectivity index (χ4v) is 7.62. The van der Waals surface area contributed by atoms with E-state index < -0.39 is 23.6 Å². The van der Waals surface area contributed by atoms with Crippen LogP contribution >= 0.6 is 0 Å². The van der Waals surface area contributed by atoms with Crippen LogP contribution in [0.4, 0.5) is 20.2 Å². The SMILES string of the molecule is COc1ccc(C=CC(=O)N(Cc2ccc(N3CCN(C(C)=O)CC3)cc2)C(Cc2ccccc2)C(=O)N2CCN(Cc3ccc(N(C)CCO)cc3)CC2)c(F)c1F. The van der Waals surface area contributed by atoms with E-state index in [-0.39, 0.29) is 42.7 Å². The summed E-state index contributed by atoms with van der Waals surface area (Å²) in [6.07, 6.45) is 2.68. The Hall–Kier alpha value is -5.79. The predicted molar refractivity (Wildman–Crippen MR) is 226 cm³/mol. The largest absolute Gasteiger partial charge is 0.494 e. The minimum absolute atomic E-state index is 0.0606. The number of carbonyl (C=O) groups excluding carboxylic acids is 3. The molecule has 0 radical (unpaired) electrons. The molecule has 2 saturated heterocycles. The summed E-state index contributed by atoms with van der Waals surface area (Å²) in [5.41, 5.74) is 4.71. The molecular formula is C46H54F2N6O5. The van der Waals surface area contributed by atoms with E-state index in [1.165, 1.54) is 36.3 Å². The van der Waals surface area contributed by atoms with E-state index in [0.29, 0.717) is 58.9 Å². The van der Waals surface area contributed by atoms with Crippen LogP contribution in [-0.2, 0) is 33.9 Å². The molecule has 13 heteroatoms. The number of likely N-dealkylation sites (N-methyl/N-ethyl adjacent to an activating group) is 1. The van der Waals surface area contributed by atoms with Gasteiger partial charge in [0, 0.05) is 115 Å². The van der Waals surface area contributed by atoms with Crippen molar-refractivity contribution in [3.63, 3.8) is 0 Å². The van der Waals surface area contributed by atoms with Crippen molar-refractivity contribution in [1.82, 2.24) is 19.6 Å². The smallest absolute Gasteiger partial charge is 0.247 e. The molecule has 0 spiro atoms. The quantitative estimate of drug-likeness (QED) is 0.167. The topological polar surface area (TPSA) is 100 Å². The van der Waals surface area contributed by atoms with Crippen LogP contribution in [0.2, 0.25) is 0 Å². The average molecular weight is 809 g/mol. The number of benzene rings is 4. The van der Waals surface area contributed by atoms with Gasteiger partial charge in [0.2, 0.25) is 23.5 Å². The third-order valence-electron chi connectivity index (χ3n) is 11.2. The average Bonchev–Trinajstić information content (AvgIpc) is 3.26. The number of aliphatic hydroxyl groups excluding tert-OH is 1. The van der Waals surface area contributed by atoms with Crippen molar-refractivity contribution in [2.45, 2.75) is 32.5 Å². The third kappa shape index (κ3) is 11.0. The lowest BCUT2D eigenvalue weighted by atomic mass is 10.0. The van der Waals surface area contributed by atoms with Gasteiger partial charge in [-0.2, -0.15) is 4.39 Å². The van der Waals surface area contributed by atoms with Crippen LogP contribution in [-0.4, -0.2) is 128 Å². The summed E-state index contributed by atoms with van der Waals surface area (Å²) in [7, 11) is 3.19. The Balaban J connectivity index is 1.24. The van der Waals surface area contributed by atoms with Gasteiger partial charge in [0.05, 0.1) is 13.7 Å². The van der Waals surface area contributed by atoms with Gasteiger partial charge in [-0.3, -0.25) is 19.3 Å². The molecule has 312 valence electrons. The second kappa shape index (κ2) is 20.3. The van der Waals surface area contributed by atoms with Gasteiger partial charge < -0.3 is 34.3 Å². The lowest BCUT2D eigenvalue weighted by Crippen LogP contribution is -2.56. The van der Waals surface area contributed by atoms with E-state index in [4.69, 9.17) is 4.74 Å². The number of aliphatic hydroxyl groups is 1. The van der Waals surface area contributed by atoms with Gasteiger partial charge in [0.15, 0.2) is 11.6 Å². The first-order valence-corrected chi connectivity index (χ1v) is 20.1. The van der Waals surface area contributed by atoms with E-state index in [1.54, 1.807) is 6.92 Å². The Labute approximate surface area is 345 Å². The zero-order chi connectivity index (χ0) is 41.9. The Morgan fingerprint density at radius 2 is 1.42 bits per heavy atom. The van der Waals surface area contributed by atoms with Crippen LogP contribution in [0.3, 0.4) is 0 Å². The number of hydrogen-bond acceptors (Lipinski definition) is 8. The molecule has 1 atom stereocenters. The Kier molecular flexibility index (Phi) is 14.7. The number of rotatable bonds is 15. The summed E-state index contributed by atoms with van der Waals surface area (Å²) in [4.78, 5) is 52.7. The van der Waals surface area contributed by atoms with Gasteiger partial charge >= 0.3 is 0 Å². The summed E-state index contributed by atoms with van der Waals surface area (Å²) in [6.45, 7) is 7.94. The van der Waals surface area contributed by atoms with E-state index in [1.807, 2.05) is 88.5 Å². The van der Waals surface area contributed by atoms with Gasteiger partial charge in [-0.15, -0.1) is 0 Å². The lowest BCUT2D eigenvalue weighted by Gasteiger charge is -2.39. The van der Waals surface area contributed by atoms with Crippen molar-refractivity contribution in [3.05, 3.63) is 131 Å². The molecule has 0 bridgehead atoms. The molecule has 3 amide bonds. The molecule has 2 heterocycles. The predicted octanol–water partition coefficient (Wildman–Crippen LogP) is 5.07. The van der Waals surface area contributed by atoms with Crippen molar-refractivity contribution in [2.75, 3.05) is 89.5 Å². The lowest BCUT2D eigenvalue weighted by molar-refractivity contribution is -0.145. The first-order valence-electron chi connectivity index (χ1n) is 20.1. The second-order valence-electron chi connectivity index (χ2n) is 15.1. The summed E-state index contributed by atoms with van der Waals surface area (Å²) in [5.74, 6) is -3.19. The van der Waals surface area contributed by atoms with E-state index in [0.717, 1.165) is 34.6 Å². The Morgan fingerprint density at radius 3 is 2.05 bits per heavy atom. The normalized spacial score (nSPS) is 15.3. The zero-order valence-corrected chi connectivity index (χ0v) is 34.1. The minimum atomic E-state index is -1.15. The number of carbonyl (C=O) groups is 3. The minimum Gasteiger partial charge on any atom is -0.494 e. The van der Waals surface area contributed by atoms with Crippen molar-refractivity contribution in [2.24, 2.45) is 0 Å². The molecule has 0 saturated carbocycles. The second-order valence-corrected chi connectivity index (χ2v) is 15.1. The van der Waals surface area contributed by atoms with Crippen LogP contribution in [0, 0.1) is 11.6 Å². The summed E-state index contributed by atoms with van der Waals surface area (Å²) in [6, 6.07) is 27.4. The summed E-state index contributed by atoms with van der Waals surface area (Å²) in [5, 5.41) is 9.29. The molecule has 2 aliphatic rings. The van der Waals surface area contributed by atoms with Crippen molar-refractivity contribution in [3.8, 4) is 5.75 Å². The van der Waals surface area contributed by atoms with Gasteiger partial charge in [-0.25, -0.2) is 4.39 Å². The number of piperazine rings is 2. The molecule has 4 aromatic rings. The fourth-order valence-electron chi connectivity index (χ4n) is 7.62. The highest BCUT2D eigenvalue weighted by Gasteiger charge is 2.34. The summed E-state index contributed by atoms with van der Waals surface area (Å²) >= 11 is 0. The highest BCUT2D eigenvalue weighted by atomic mass is 19.2. The van der Waals surface area contributed by atoms with Crippen LogP contribution in [0.1, 0.15) is 29.2 Å². The Morgan fingerprint density at radius 1 is 0.780 bits per heavy atom. The highest BCUT2D eigenvalue weighted by Crippen LogP contribution is 2.25. The number of halogens is 2. The number of ether oxygens (including phenoxy) is 1. The van der Waals surface area contributed by atoms with E-state index >= 15 is 4.39 Å². The number of anilines is 2. The monoisotopic (exact) mass is 808 g/mol. The molecule has 59 heavy (non-hydrogen) atoms. The standard InChI is InChI=1S/C46H54F2N6O5/c1-34(56)51-25-27-52(28-26-51)40-17-11-37(12-18-40)33-54(43(57)20-14-38-13-19-42(59-3)45(48)44(38)47)41(31-35-7-5-4-6-8-35)46(58)53-23-21-50(22-24-53)32-36-9-15-39(16-10-36)49(2)29-30-55/h4-20,41,55H,21-33H2,1-3H3. The molecular weight excluding hydrogens is 755 g/mol. The molecule has 2 aliphatic heterocycles. The van der Waals surface area contributed by atoms with Gasteiger partial charge in [0.1, 0.15) is 6.04 Å². The molecule has 0 aliphatic carbocycles. The molecule has 4 aromatic carbocycles. The molecule has 1 unspecified atom stereocenters. The van der Waals surface area contributed by atoms with Crippen molar-refractivity contribution >= 4 is 35.2 Å². The molecule has 11 nitrogen and oxygen atoms in total. The number of amides is 3. The van der Waals surface area contributed by atoms with Crippen LogP contribution in [0.25, 0.3) is 6.08 Å². The van der Waals surface area contributed by atoms with Crippen LogP contribution < -0.4 is 14.5 Å². The van der Waals surface area contributed by atoms with Gasteiger partial charge in [0.25, 0.3) is 0 Å². The van der Waals surface area contributed by atoms with E-state index in [2.05, 4.69) is 21.9 Å². The zero-order valence-electron chi connectivity index (χ0n) is 34.1. The maximum absolute atomic E-state index is 15.0. The highest BCUT2D eigenvalue weighted by molar-refractivity contribution is 5.96. The Bertz CT molecular complexity index is 2050. The number of hydrogen-bond donors (Lipinski definition) is 1. The maximum Gasteiger partial charge on any atom is 0.247 e. The number of nitrogens with zero attached hydrogens (tertiary/aromatic N) is 6. The van der Waals surface area contributed by atoms with Gasteiger partial charge in [-0.05, 0) is 59.2 Å². The van der Waals surface area contributed by atoms with Crippen LogP contribution in [0.15, 0.2) is 97.1 Å². The molecule has 6 rings (SSSR count). The third-order valence-corrected chi connectivity index (χ3v) is 11.2. The van der Waals surface area contributed by atoms with Crippen LogP contribution in [0.5, 0.6) is 5.75 Å². The first kappa shape index (κ1) is 42.8. The van der Waals surface area contributed by atoms with Gasteiger partial charge in [-0.1, -0.05) is 54.6 Å². The molecule has 2 fully saturated rings. The summed E-state index contributed by atoms with van der Waals surface area (Å²) < 4.78 is 34.6.